The van der Waals surface area contributed by atoms with Gasteiger partial charge in [0.1, 0.15) is 5.75 Å². The van der Waals surface area contributed by atoms with E-state index in [9.17, 15) is 0 Å². The van der Waals surface area contributed by atoms with E-state index in [1.807, 2.05) is 12.1 Å². The van der Waals surface area contributed by atoms with Gasteiger partial charge in [-0.05, 0) is 53.3 Å². The molecule has 0 aliphatic heterocycles. The van der Waals surface area contributed by atoms with Crippen molar-refractivity contribution in [3.05, 3.63) is 27.8 Å². The van der Waals surface area contributed by atoms with E-state index in [1.54, 1.807) is 0 Å². The summed E-state index contributed by atoms with van der Waals surface area (Å²) in [5.41, 5.74) is 0. The minimum atomic E-state index is -0.886. The SMILES string of the molecule is C[Si](C)(C)CCCOc1ccc(I)cc1. The fourth-order valence-electron chi connectivity index (χ4n) is 1.32. The summed E-state index contributed by atoms with van der Waals surface area (Å²) < 4.78 is 6.93. The molecule has 1 rings (SSSR count). The fourth-order valence-corrected chi connectivity index (χ4v) is 2.89. The highest BCUT2D eigenvalue weighted by atomic mass is 127. The summed E-state index contributed by atoms with van der Waals surface area (Å²) in [5, 5.41) is 0. The van der Waals surface area contributed by atoms with E-state index in [0.29, 0.717) is 0 Å². The Labute approximate surface area is 107 Å². The Morgan fingerprint density at radius 3 is 2.27 bits per heavy atom. The Morgan fingerprint density at radius 1 is 1.13 bits per heavy atom. The summed E-state index contributed by atoms with van der Waals surface area (Å²) in [5.74, 6) is 0.992. The molecule has 0 radical (unpaired) electrons. The molecular weight excluding hydrogens is 315 g/mol. The van der Waals surface area contributed by atoms with Crippen LogP contribution in [0.15, 0.2) is 24.3 Å². The average Bonchev–Trinajstić information content (AvgIpc) is 2.14. The van der Waals surface area contributed by atoms with Gasteiger partial charge in [-0.2, -0.15) is 0 Å². The summed E-state index contributed by atoms with van der Waals surface area (Å²) >= 11 is 2.30. The topological polar surface area (TPSA) is 9.23 Å². The standard InChI is InChI=1S/C12H19IOSi/c1-15(2,3)10-4-9-14-12-7-5-11(13)6-8-12/h5-8H,4,9-10H2,1-3H3. The number of hydrogen-bond donors (Lipinski definition) is 0. The van der Waals surface area contributed by atoms with Crippen LogP contribution in [0.2, 0.25) is 25.7 Å². The number of halogens is 1. The minimum absolute atomic E-state index is 0.852. The third-order valence-electron chi connectivity index (χ3n) is 2.15. The van der Waals surface area contributed by atoms with Crippen molar-refractivity contribution in [3.63, 3.8) is 0 Å². The first kappa shape index (κ1) is 13.0. The van der Waals surface area contributed by atoms with Crippen molar-refractivity contribution in [2.75, 3.05) is 6.61 Å². The molecule has 3 heteroatoms. The molecule has 0 unspecified atom stereocenters. The third kappa shape index (κ3) is 6.20. The number of ether oxygens (including phenoxy) is 1. The highest BCUT2D eigenvalue weighted by molar-refractivity contribution is 14.1. The normalized spacial score (nSPS) is 11.5. The lowest BCUT2D eigenvalue weighted by atomic mass is 10.3. The maximum absolute atomic E-state index is 5.68. The maximum Gasteiger partial charge on any atom is 0.119 e. The molecule has 0 aliphatic rings. The maximum atomic E-state index is 5.68. The van der Waals surface area contributed by atoms with E-state index >= 15 is 0 Å². The Kier molecular flexibility index (Phi) is 5.12. The molecule has 0 fully saturated rings. The summed E-state index contributed by atoms with van der Waals surface area (Å²) in [6, 6.07) is 9.58. The Balaban J connectivity index is 2.23. The quantitative estimate of drug-likeness (QED) is 0.441. The van der Waals surface area contributed by atoms with Gasteiger partial charge >= 0.3 is 0 Å². The van der Waals surface area contributed by atoms with Gasteiger partial charge in [-0.25, -0.2) is 0 Å². The lowest BCUT2D eigenvalue weighted by Gasteiger charge is -2.15. The number of hydrogen-bond acceptors (Lipinski definition) is 1. The molecule has 0 N–H and O–H groups in total. The molecule has 84 valence electrons. The largest absolute Gasteiger partial charge is 0.494 e. The van der Waals surface area contributed by atoms with Crippen LogP contribution in [0.1, 0.15) is 6.42 Å². The van der Waals surface area contributed by atoms with Gasteiger partial charge in [-0.15, -0.1) is 0 Å². The number of benzene rings is 1. The molecule has 0 amide bonds. The van der Waals surface area contributed by atoms with E-state index in [4.69, 9.17) is 4.74 Å². The van der Waals surface area contributed by atoms with Crippen molar-refractivity contribution in [3.8, 4) is 5.75 Å². The van der Waals surface area contributed by atoms with Crippen molar-refractivity contribution < 1.29 is 4.74 Å². The Morgan fingerprint density at radius 2 is 1.73 bits per heavy atom. The van der Waals surface area contributed by atoms with Crippen molar-refractivity contribution in [1.29, 1.82) is 0 Å². The zero-order valence-electron chi connectivity index (χ0n) is 9.72. The predicted octanol–water partition coefficient (Wildman–Crippen LogP) is 4.40. The monoisotopic (exact) mass is 334 g/mol. The highest BCUT2D eigenvalue weighted by Gasteiger charge is 2.11. The first-order chi connectivity index (χ1) is 6.97. The lowest BCUT2D eigenvalue weighted by Crippen LogP contribution is -2.19. The molecule has 0 aliphatic carbocycles. The van der Waals surface area contributed by atoms with Crippen LogP contribution >= 0.6 is 22.6 Å². The van der Waals surface area contributed by atoms with E-state index in [2.05, 4.69) is 54.4 Å². The molecule has 0 heterocycles. The van der Waals surface area contributed by atoms with Gasteiger partial charge in [0, 0.05) is 11.6 Å². The average molecular weight is 334 g/mol. The minimum Gasteiger partial charge on any atom is -0.494 e. The first-order valence-corrected chi connectivity index (χ1v) is 10.1. The van der Waals surface area contributed by atoms with E-state index in [0.717, 1.165) is 12.4 Å². The third-order valence-corrected chi connectivity index (χ3v) is 4.73. The van der Waals surface area contributed by atoms with E-state index < -0.39 is 8.07 Å². The van der Waals surface area contributed by atoms with Crippen LogP contribution in [-0.2, 0) is 0 Å². The molecular formula is C12H19IOSi. The van der Waals surface area contributed by atoms with Crippen LogP contribution < -0.4 is 4.74 Å². The lowest BCUT2D eigenvalue weighted by molar-refractivity contribution is 0.316. The zero-order valence-corrected chi connectivity index (χ0v) is 12.9. The smallest absolute Gasteiger partial charge is 0.119 e. The fraction of sp³-hybridized carbons (Fsp3) is 0.500. The molecule has 0 aromatic heterocycles. The van der Waals surface area contributed by atoms with Gasteiger partial charge in [0.25, 0.3) is 0 Å². The summed E-state index contributed by atoms with van der Waals surface area (Å²) in [6.45, 7) is 8.05. The molecule has 1 nitrogen and oxygen atoms in total. The number of rotatable bonds is 5. The molecule has 0 bridgehead atoms. The van der Waals surface area contributed by atoms with Gasteiger partial charge < -0.3 is 4.74 Å². The second kappa shape index (κ2) is 5.89. The van der Waals surface area contributed by atoms with Gasteiger partial charge in [0.2, 0.25) is 0 Å². The Hall–Kier alpha value is -0.0331. The summed E-state index contributed by atoms with van der Waals surface area (Å²) in [7, 11) is -0.886. The van der Waals surface area contributed by atoms with Crippen molar-refractivity contribution in [1.82, 2.24) is 0 Å². The van der Waals surface area contributed by atoms with E-state index in [1.165, 1.54) is 16.0 Å². The molecule has 0 atom stereocenters. The van der Waals surface area contributed by atoms with Crippen molar-refractivity contribution in [2.24, 2.45) is 0 Å². The first-order valence-electron chi connectivity index (χ1n) is 5.36. The van der Waals surface area contributed by atoms with Crippen LogP contribution in [0, 0.1) is 3.57 Å². The van der Waals surface area contributed by atoms with Crippen LogP contribution in [0.4, 0.5) is 0 Å². The van der Waals surface area contributed by atoms with Crippen molar-refractivity contribution >= 4 is 30.7 Å². The summed E-state index contributed by atoms with van der Waals surface area (Å²) in [4.78, 5) is 0. The predicted molar refractivity (Wildman–Crippen MR) is 77.4 cm³/mol. The molecule has 1 aromatic carbocycles. The molecule has 0 spiro atoms. The Bertz CT molecular complexity index is 289. The van der Waals surface area contributed by atoms with Crippen LogP contribution in [-0.4, -0.2) is 14.7 Å². The van der Waals surface area contributed by atoms with Gasteiger partial charge in [-0.1, -0.05) is 25.7 Å². The molecule has 1 aromatic rings. The van der Waals surface area contributed by atoms with Crippen LogP contribution in [0.3, 0.4) is 0 Å². The van der Waals surface area contributed by atoms with Gasteiger partial charge in [-0.3, -0.25) is 0 Å². The molecule has 15 heavy (non-hydrogen) atoms. The zero-order chi connectivity index (χ0) is 11.3. The van der Waals surface area contributed by atoms with Crippen molar-refractivity contribution in [2.45, 2.75) is 32.1 Å². The van der Waals surface area contributed by atoms with Gasteiger partial charge in [0.15, 0.2) is 0 Å². The second-order valence-corrected chi connectivity index (χ2v) is 11.8. The van der Waals surface area contributed by atoms with E-state index in [-0.39, 0.29) is 0 Å². The van der Waals surface area contributed by atoms with Crippen LogP contribution in [0.25, 0.3) is 0 Å². The second-order valence-electron chi connectivity index (χ2n) is 4.97. The van der Waals surface area contributed by atoms with Gasteiger partial charge in [0.05, 0.1) is 6.61 Å². The highest BCUT2D eigenvalue weighted by Crippen LogP contribution is 2.15. The molecule has 0 saturated carbocycles. The summed E-state index contributed by atoms with van der Waals surface area (Å²) in [6.07, 6.45) is 1.18. The van der Waals surface area contributed by atoms with Crippen LogP contribution in [0.5, 0.6) is 5.75 Å². The molecule has 0 saturated heterocycles.